The number of nitrogens with zero attached hydrogens (tertiary/aromatic N) is 1. The highest BCUT2D eigenvalue weighted by atomic mass is 15.2. The Balaban J connectivity index is 2.06. The van der Waals surface area contributed by atoms with Crippen LogP contribution < -0.4 is 5.32 Å². The summed E-state index contributed by atoms with van der Waals surface area (Å²) in [6.45, 7) is 4.68. The molecule has 13 heavy (non-hydrogen) atoms. The Labute approximate surface area is 78.6 Å². The summed E-state index contributed by atoms with van der Waals surface area (Å²) in [5.41, 5.74) is 3.02. The predicted octanol–water partition coefficient (Wildman–Crippen LogP) is 1.15. The van der Waals surface area contributed by atoms with Gasteiger partial charge < -0.3 is 5.32 Å². The fraction of sp³-hybridized carbons (Fsp3) is 0.455. The Bertz CT molecular complexity index is 322. The standard InChI is InChI=1S/C11H14N2/c1-2-4-10-9(3-1)7-13-6-5-12-11(10)8-13/h1-4,11-12H,5-8H2. The van der Waals surface area contributed by atoms with Gasteiger partial charge in [-0.3, -0.25) is 4.90 Å². The van der Waals surface area contributed by atoms with Crippen molar-refractivity contribution >= 4 is 0 Å². The summed E-state index contributed by atoms with van der Waals surface area (Å²) in [4.78, 5) is 2.53. The van der Waals surface area contributed by atoms with Crippen LogP contribution in [0, 0.1) is 0 Å². The molecule has 0 aromatic heterocycles. The maximum absolute atomic E-state index is 3.56. The zero-order valence-corrected chi connectivity index (χ0v) is 7.66. The highest BCUT2D eigenvalue weighted by Crippen LogP contribution is 2.27. The van der Waals surface area contributed by atoms with Crippen LogP contribution in [0.3, 0.4) is 0 Å². The van der Waals surface area contributed by atoms with E-state index in [9.17, 15) is 0 Å². The van der Waals surface area contributed by atoms with Crippen molar-refractivity contribution in [2.45, 2.75) is 12.6 Å². The number of rotatable bonds is 0. The van der Waals surface area contributed by atoms with E-state index in [1.54, 1.807) is 0 Å². The number of benzene rings is 1. The van der Waals surface area contributed by atoms with Gasteiger partial charge in [0.2, 0.25) is 0 Å². The van der Waals surface area contributed by atoms with E-state index in [1.165, 1.54) is 24.2 Å². The van der Waals surface area contributed by atoms with Crippen molar-refractivity contribution in [2.75, 3.05) is 19.6 Å². The largest absolute Gasteiger partial charge is 0.308 e. The summed E-state index contributed by atoms with van der Waals surface area (Å²) in [6, 6.07) is 9.38. The second kappa shape index (κ2) is 2.82. The topological polar surface area (TPSA) is 15.3 Å². The Hall–Kier alpha value is -0.860. The normalized spacial score (nSPS) is 31.1. The maximum atomic E-state index is 3.56. The molecule has 1 saturated heterocycles. The number of hydrogen-bond donors (Lipinski definition) is 1. The monoisotopic (exact) mass is 174 g/mol. The first-order valence-electron chi connectivity index (χ1n) is 4.97. The first-order chi connectivity index (χ1) is 6.43. The van der Waals surface area contributed by atoms with E-state index in [-0.39, 0.29) is 0 Å². The third kappa shape index (κ3) is 1.18. The lowest BCUT2D eigenvalue weighted by Crippen LogP contribution is -2.48. The van der Waals surface area contributed by atoms with Gasteiger partial charge in [-0.2, -0.15) is 0 Å². The van der Waals surface area contributed by atoms with Crippen LogP contribution in [0.1, 0.15) is 17.2 Å². The van der Waals surface area contributed by atoms with Crippen LogP contribution >= 0.6 is 0 Å². The molecular weight excluding hydrogens is 160 g/mol. The van der Waals surface area contributed by atoms with Gasteiger partial charge in [0.05, 0.1) is 0 Å². The molecule has 3 rings (SSSR count). The zero-order valence-electron chi connectivity index (χ0n) is 7.66. The van der Waals surface area contributed by atoms with Gasteiger partial charge in [0.15, 0.2) is 0 Å². The SMILES string of the molecule is c1ccc2c(c1)CN1CCNC2C1. The summed E-state index contributed by atoms with van der Waals surface area (Å²) < 4.78 is 0. The molecule has 2 aliphatic heterocycles. The van der Waals surface area contributed by atoms with Crippen molar-refractivity contribution in [3.63, 3.8) is 0 Å². The van der Waals surface area contributed by atoms with Crippen molar-refractivity contribution in [3.8, 4) is 0 Å². The van der Waals surface area contributed by atoms with E-state index in [4.69, 9.17) is 0 Å². The molecule has 0 aliphatic carbocycles. The molecule has 1 fully saturated rings. The Kier molecular flexibility index (Phi) is 1.64. The van der Waals surface area contributed by atoms with Gasteiger partial charge in [-0.1, -0.05) is 24.3 Å². The molecule has 2 bridgehead atoms. The molecule has 2 aliphatic rings. The summed E-state index contributed by atoms with van der Waals surface area (Å²) in [5, 5.41) is 3.56. The Morgan fingerprint density at radius 3 is 3.23 bits per heavy atom. The van der Waals surface area contributed by atoms with Crippen LogP contribution in [-0.2, 0) is 6.54 Å². The third-order valence-corrected chi connectivity index (χ3v) is 3.08. The minimum atomic E-state index is 0.582. The summed E-state index contributed by atoms with van der Waals surface area (Å²) >= 11 is 0. The molecule has 2 unspecified atom stereocenters. The Morgan fingerprint density at radius 1 is 1.31 bits per heavy atom. The lowest BCUT2D eigenvalue weighted by Gasteiger charge is -2.39. The molecule has 2 heteroatoms. The molecule has 0 spiro atoms. The average molecular weight is 174 g/mol. The number of hydrogen-bond acceptors (Lipinski definition) is 2. The van der Waals surface area contributed by atoms with Crippen LogP contribution in [0.4, 0.5) is 0 Å². The predicted molar refractivity (Wildman–Crippen MR) is 52.5 cm³/mol. The summed E-state index contributed by atoms with van der Waals surface area (Å²) in [7, 11) is 0. The number of fused-ring (bicyclic) bond motifs is 4. The fourth-order valence-electron chi connectivity index (χ4n) is 2.42. The lowest BCUT2D eigenvalue weighted by molar-refractivity contribution is 0.174. The molecule has 2 nitrogen and oxygen atoms in total. The highest BCUT2D eigenvalue weighted by Gasteiger charge is 2.27. The molecule has 0 amide bonds. The quantitative estimate of drug-likeness (QED) is 0.634. The van der Waals surface area contributed by atoms with Gasteiger partial charge in [0.25, 0.3) is 0 Å². The molecular formula is C11H14N2. The molecule has 68 valence electrons. The molecule has 1 aromatic rings. The summed E-state index contributed by atoms with van der Waals surface area (Å²) in [5.74, 6) is 0. The van der Waals surface area contributed by atoms with Crippen molar-refractivity contribution in [1.82, 2.24) is 10.2 Å². The van der Waals surface area contributed by atoms with Gasteiger partial charge >= 0.3 is 0 Å². The van der Waals surface area contributed by atoms with E-state index in [0.717, 1.165) is 13.1 Å². The van der Waals surface area contributed by atoms with Gasteiger partial charge in [-0.15, -0.1) is 0 Å². The van der Waals surface area contributed by atoms with Crippen LogP contribution in [0.5, 0.6) is 0 Å². The second-order valence-electron chi connectivity index (χ2n) is 3.94. The molecule has 1 N–H and O–H groups in total. The van der Waals surface area contributed by atoms with E-state index < -0.39 is 0 Å². The smallest absolute Gasteiger partial charge is 0.0453 e. The van der Waals surface area contributed by atoms with Gasteiger partial charge in [-0.25, -0.2) is 0 Å². The zero-order chi connectivity index (χ0) is 8.67. The van der Waals surface area contributed by atoms with Crippen LogP contribution in [-0.4, -0.2) is 24.5 Å². The number of nitrogens with one attached hydrogen (secondary N) is 1. The molecule has 0 saturated carbocycles. The summed E-state index contributed by atoms with van der Waals surface area (Å²) in [6.07, 6.45) is 0. The fourth-order valence-corrected chi connectivity index (χ4v) is 2.42. The van der Waals surface area contributed by atoms with Gasteiger partial charge in [0.1, 0.15) is 0 Å². The highest BCUT2D eigenvalue weighted by molar-refractivity contribution is 5.32. The first-order valence-corrected chi connectivity index (χ1v) is 4.97. The third-order valence-electron chi connectivity index (χ3n) is 3.08. The maximum Gasteiger partial charge on any atom is 0.0453 e. The van der Waals surface area contributed by atoms with Gasteiger partial charge in [-0.05, 0) is 11.1 Å². The van der Waals surface area contributed by atoms with Crippen LogP contribution in [0.2, 0.25) is 0 Å². The van der Waals surface area contributed by atoms with Crippen molar-refractivity contribution < 1.29 is 0 Å². The van der Waals surface area contributed by atoms with Crippen molar-refractivity contribution in [2.24, 2.45) is 0 Å². The van der Waals surface area contributed by atoms with E-state index in [2.05, 4.69) is 34.5 Å². The lowest BCUT2D eigenvalue weighted by atomic mass is 9.94. The minimum absolute atomic E-state index is 0.582. The Morgan fingerprint density at radius 2 is 2.23 bits per heavy atom. The van der Waals surface area contributed by atoms with Crippen molar-refractivity contribution in [1.29, 1.82) is 0 Å². The van der Waals surface area contributed by atoms with E-state index in [1.807, 2.05) is 0 Å². The molecule has 0 radical (unpaired) electrons. The van der Waals surface area contributed by atoms with Crippen LogP contribution in [0.15, 0.2) is 24.3 Å². The molecule has 2 heterocycles. The average Bonchev–Trinajstić information content (AvgIpc) is 2.18. The first kappa shape index (κ1) is 7.54. The molecule has 1 aromatic carbocycles. The molecule has 2 atom stereocenters. The van der Waals surface area contributed by atoms with Crippen LogP contribution in [0.25, 0.3) is 0 Å². The second-order valence-corrected chi connectivity index (χ2v) is 3.94. The van der Waals surface area contributed by atoms with E-state index in [0.29, 0.717) is 6.04 Å². The van der Waals surface area contributed by atoms with E-state index >= 15 is 0 Å². The van der Waals surface area contributed by atoms with Gasteiger partial charge in [0, 0.05) is 32.2 Å². The number of piperazine rings is 1. The van der Waals surface area contributed by atoms with Crippen molar-refractivity contribution in [3.05, 3.63) is 35.4 Å². The minimum Gasteiger partial charge on any atom is -0.308 e.